The largest absolute Gasteiger partial charge is 0.495 e. The predicted molar refractivity (Wildman–Crippen MR) is 91.7 cm³/mol. The van der Waals surface area contributed by atoms with Gasteiger partial charge < -0.3 is 20.3 Å². The summed E-state index contributed by atoms with van der Waals surface area (Å²) in [5.74, 6) is 1.17. The molecule has 2 N–H and O–H groups in total. The van der Waals surface area contributed by atoms with E-state index in [0.29, 0.717) is 6.54 Å². The topological polar surface area (TPSA) is 58.8 Å². The van der Waals surface area contributed by atoms with Crippen LogP contribution in [0.25, 0.3) is 0 Å². The summed E-state index contributed by atoms with van der Waals surface area (Å²) in [7, 11) is 1.70. The number of piperazine rings is 1. The lowest BCUT2D eigenvalue weighted by Crippen LogP contribution is -2.54. The quantitative estimate of drug-likeness (QED) is 0.921. The molecule has 0 radical (unpaired) electrons. The van der Waals surface area contributed by atoms with Gasteiger partial charge in [-0.05, 0) is 25.0 Å². The van der Waals surface area contributed by atoms with Gasteiger partial charge in [0.2, 0.25) is 5.91 Å². The summed E-state index contributed by atoms with van der Waals surface area (Å²) >= 11 is 0. The summed E-state index contributed by atoms with van der Waals surface area (Å²) in [4.78, 5) is 17.2. The number of benzene rings is 1. The van der Waals surface area contributed by atoms with Crippen LogP contribution in [0, 0.1) is 5.41 Å². The highest BCUT2D eigenvalue weighted by molar-refractivity contribution is 5.83. The fourth-order valence-electron chi connectivity index (χ4n) is 3.93. The molecule has 1 aliphatic carbocycles. The molecule has 1 heterocycles. The van der Waals surface area contributed by atoms with Crippen molar-refractivity contribution >= 4 is 11.6 Å². The fraction of sp³-hybridized carbons (Fsp3) is 0.611. The second-order valence-electron chi connectivity index (χ2n) is 6.64. The maximum Gasteiger partial charge on any atom is 0.230 e. The predicted octanol–water partition coefficient (Wildman–Crippen LogP) is 1.86. The molecule has 0 unspecified atom stereocenters. The molecule has 0 atom stereocenters. The van der Waals surface area contributed by atoms with Crippen LogP contribution < -0.4 is 15.4 Å². The molecule has 126 valence electrons. The van der Waals surface area contributed by atoms with Crippen molar-refractivity contribution in [3.05, 3.63) is 24.3 Å². The third-order valence-corrected chi connectivity index (χ3v) is 5.40. The fourth-order valence-corrected chi connectivity index (χ4v) is 3.93. The van der Waals surface area contributed by atoms with Gasteiger partial charge in [-0.1, -0.05) is 25.0 Å². The second-order valence-corrected chi connectivity index (χ2v) is 6.64. The summed E-state index contributed by atoms with van der Waals surface area (Å²) in [6.07, 6.45) is 4.17. The molecule has 1 amide bonds. The lowest BCUT2D eigenvalue weighted by atomic mass is 9.84. The van der Waals surface area contributed by atoms with Crippen molar-refractivity contribution in [3.63, 3.8) is 0 Å². The van der Waals surface area contributed by atoms with Gasteiger partial charge in [0.25, 0.3) is 0 Å². The van der Waals surface area contributed by atoms with Crippen molar-refractivity contribution in [1.82, 2.24) is 4.90 Å². The SMILES string of the molecule is COc1ccccc1N1CCN(C(=O)C2(CN)CCCC2)CC1. The number of carbonyl (C=O) groups excluding carboxylic acids is 1. The second kappa shape index (κ2) is 6.79. The van der Waals surface area contributed by atoms with Crippen molar-refractivity contribution in [1.29, 1.82) is 0 Å². The number of methoxy groups -OCH3 is 1. The number of ether oxygens (including phenoxy) is 1. The number of amides is 1. The lowest BCUT2D eigenvalue weighted by Gasteiger charge is -2.40. The Bertz CT molecular complexity index is 547. The van der Waals surface area contributed by atoms with Gasteiger partial charge in [-0.25, -0.2) is 0 Å². The third-order valence-electron chi connectivity index (χ3n) is 5.40. The Morgan fingerprint density at radius 2 is 1.83 bits per heavy atom. The molecule has 2 fully saturated rings. The molecule has 2 aliphatic rings. The molecule has 23 heavy (non-hydrogen) atoms. The Morgan fingerprint density at radius 1 is 1.17 bits per heavy atom. The van der Waals surface area contributed by atoms with Crippen molar-refractivity contribution in [2.75, 3.05) is 44.7 Å². The Hall–Kier alpha value is -1.75. The molecule has 0 spiro atoms. The Balaban J connectivity index is 1.65. The van der Waals surface area contributed by atoms with Crippen molar-refractivity contribution in [2.24, 2.45) is 11.1 Å². The van der Waals surface area contributed by atoms with Gasteiger partial charge in [0.15, 0.2) is 0 Å². The van der Waals surface area contributed by atoms with E-state index in [1.165, 1.54) is 0 Å². The number of anilines is 1. The van der Waals surface area contributed by atoms with E-state index in [9.17, 15) is 4.79 Å². The van der Waals surface area contributed by atoms with Crippen molar-refractivity contribution < 1.29 is 9.53 Å². The maximum absolute atomic E-state index is 12.9. The average molecular weight is 317 g/mol. The van der Waals surface area contributed by atoms with Gasteiger partial charge in [-0.15, -0.1) is 0 Å². The molecule has 3 rings (SSSR count). The van der Waals surface area contributed by atoms with Crippen molar-refractivity contribution in [2.45, 2.75) is 25.7 Å². The minimum atomic E-state index is -0.285. The monoisotopic (exact) mass is 317 g/mol. The summed E-state index contributed by atoms with van der Waals surface area (Å²) in [5.41, 5.74) is 6.78. The van der Waals surface area contributed by atoms with Crippen LogP contribution in [0.5, 0.6) is 5.75 Å². The summed E-state index contributed by atoms with van der Waals surface area (Å²) in [6, 6.07) is 8.06. The van der Waals surface area contributed by atoms with Crippen LogP contribution in [0.2, 0.25) is 0 Å². The van der Waals surface area contributed by atoms with Crippen LogP contribution in [0.1, 0.15) is 25.7 Å². The van der Waals surface area contributed by atoms with E-state index in [4.69, 9.17) is 10.5 Å². The van der Waals surface area contributed by atoms with E-state index in [0.717, 1.165) is 63.3 Å². The summed E-state index contributed by atoms with van der Waals surface area (Å²) in [6.45, 7) is 3.69. The molecule has 1 aromatic rings. The van der Waals surface area contributed by atoms with E-state index < -0.39 is 0 Å². The van der Waals surface area contributed by atoms with E-state index >= 15 is 0 Å². The maximum atomic E-state index is 12.9. The first-order chi connectivity index (χ1) is 11.2. The zero-order chi connectivity index (χ0) is 16.3. The number of hydrogen-bond acceptors (Lipinski definition) is 4. The standard InChI is InChI=1S/C18H27N3O2/c1-23-16-7-3-2-6-15(16)20-10-12-21(13-11-20)17(22)18(14-19)8-4-5-9-18/h2-3,6-7H,4-5,8-14,19H2,1H3. The van der Waals surface area contributed by atoms with E-state index in [1.807, 2.05) is 23.1 Å². The van der Waals surface area contributed by atoms with Crippen LogP contribution in [0.3, 0.4) is 0 Å². The number of nitrogens with zero attached hydrogens (tertiary/aromatic N) is 2. The van der Waals surface area contributed by atoms with E-state index in [-0.39, 0.29) is 11.3 Å². The Kier molecular flexibility index (Phi) is 4.76. The number of para-hydroxylation sites is 2. The first kappa shape index (κ1) is 16.1. The van der Waals surface area contributed by atoms with Crippen LogP contribution in [0.15, 0.2) is 24.3 Å². The van der Waals surface area contributed by atoms with E-state index in [1.54, 1.807) is 7.11 Å². The number of rotatable bonds is 4. The summed E-state index contributed by atoms with van der Waals surface area (Å²) < 4.78 is 5.45. The zero-order valence-corrected chi connectivity index (χ0v) is 14.0. The number of hydrogen-bond donors (Lipinski definition) is 1. The zero-order valence-electron chi connectivity index (χ0n) is 14.0. The highest BCUT2D eigenvalue weighted by Crippen LogP contribution is 2.39. The van der Waals surface area contributed by atoms with E-state index in [2.05, 4.69) is 11.0 Å². The molecular formula is C18H27N3O2. The first-order valence-electron chi connectivity index (χ1n) is 8.57. The highest BCUT2D eigenvalue weighted by atomic mass is 16.5. The van der Waals surface area contributed by atoms with Gasteiger partial charge in [0, 0.05) is 32.7 Å². The van der Waals surface area contributed by atoms with Gasteiger partial charge in [0.05, 0.1) is 18.2 Å². The number of nitrogens with two attached hydrogens (primary N) is 1. The molecule has 0 aromatic heterocycles. The Labute approximate surface area is 138 Å². The molecular weight excluding hydrogens is 290 g/mol. The molecule has 1 saturated carbocycles. The normalized spacial score (nSPS) is 20.6. The number of carbonyl (C=O) groups is 1. The Morgan fingerprint density at radius 3 is 2.43 bits per heavy atom. The molecule has 5 nitrogen and oxygen atoms in total. The minimum Gasteiger partial charge on any atom is -0.495 e. The first-order valence-corrected chi connectivity index (χ1v) is 8.57. The molecule has 1 aromatic carbocycles. The van der Waals surface area contributed by atoms with Crippen LogP contribution in [-0.2, 0) is 4.79 Å². The van der Waals surface area contributed by atoms with Gasteiger partial charge in [-0.3, -0.25) is 4.79 Å². The lowest BCUT2D eigenvalue weighted by molar-refractivity contribution is -0.141. The molecule has 1 saturated heterocycles. The smallest absolute Gasteiger partial charge is 0.230 e. The van der Waals surface area contributed by atoms with Gasteiger partial charge in [0.1, 0.15) is 5.75 Å². The van der Waals surface area contributed by atoms with Crippen LogP contribution >= 0.6 is 0 Å². The molecule has 0 bridgehead atoms. The third kappa shape index (κ3) is 3.02. The van der Waals surface area contributed by atoms with Crippen LogP contribution in [0.4, 0.5) is 5.69 Å². The van der Waals surface area contributed by atoms with Gasteiger partial charge >= 0.3 is 0 Å². The van der Waals surface area contributed by atoms with Crippen LogP contribution in [-0.4, -0.2) is 50.6 Å². The highest BCUT2D eigenvalue weighted by Gasteiger charge is 2.42. The summed E-state index contributed by atoms with van der Waals surface area (Å²) in [5, 5.41) is 0. The molecule has 5 heteroatoms. The molecule has 1 aliphatic heterocycles. The van der Waals surface area contributed by atoms with Crippen molar-refractivity contribution in [3.8, 4) is 5.75 Å². The minimum absolute atomic E-state index is 0.275. The van der Waals surface area contributed by atoms with Gasteiger partial charge in [-0.2, -0.15) is 0 Å². The average Bonchev–Trinajstić information content (AvgIpc) is 3.11.